The molecule has 15 heavy (non-hydrogen) atoms. The van der Waals surface area contributed by atoms with Gasteiger partial charge in [0.05, 0.1) is 0 Å². The Balaban J connectivity index is 2.50. The van der Waals surface area contributed by atoms with Gasteiger partial charge in [-0.25, -0.2) is 0 Å². The second-order valence-corrected chi connectivity index (χ2v) is 4.48. The standard InChI is InChI=1S/C13H19NO/c1-9(8-14)13-11-5-3-2-4-10(11)6-7-12(13)15/h6-7,9,15H,2-5,8,14H2,1H3. The average Bonchev–Trinajstić information content (AvgIpc) is 2.28. The lowest BCUT2D eigenvalue weighted by Crippen LogP contribution is -2.14. The van der Waals surface area contributed by atoms with Gasteiger partial charge in [-0.1, -0.05) is 13.0 Å². The van der Waals surface area contributed by atoms with Gasteiger partial charge in [0.15, 0.2) is 0 Å². The number of aryl methyl sites for hydroxylation is 1. The predicted octanol–water partition coefficient (Wildman–Crippen LogP) is 2.33. The number of fused-ring (bicyclic) bond motifs is 1. The Labute approximate surface area is 91.1 Å². The topological polar surface area (TPSA) is 46.2 Å². The molecule has 0 fully saturated rings. The molecule has 2 rings (SSSR count). The molecule has 82 valence electrons. The lowest BCUT2D eigenvalue weighted by atomic mass is 9.83. The van der Waals surface area contributed by atoms with Crippen LogP contribution in [0.4, 0.5) is 0 Å². The Morgan fingerprint density at radius 2 is 2.07 bits per heavy atom. The molecule has 0 heterocycles. The van der Waals surface area contributed by atoms with Crippen LogP contribution in [-0.2, 0) is 12.8 Å². The summed E-state index contributed by atoms with van der Waals surface area (Å²) in [6, 6.07) is 3.89. The van der Waals surface area contributed by atoms with E-state index in [4.69, 9.17) is 5.73 Å². The number of benzene rings is 1. The Hall–Kier alpha value is -1.02. The average molecular weight is 205 g/mol. The molecule has 3 N–H and O–H groups in total. The van der Waals surface area contributed by atoms with E-state index in [2.05, 4.69) is 13.0 Å². The number of nitrogens with two attached hydrogens (primary N) is 1. The van der Waals surface area contributed by atoms with Gasteiger partial charge < -0.3 is 10.8 Å². The molecule has 0 aromatic heterocycles. The maximum absolute atomic E-state index is 9.91. The molecule has 0 saturated heterocycles. The van der Waals surface area contributed by atoms with Crippen LogP contribution in [-0.4, -0.2) is 11.7 Å². The van der Waals surface area contributed by atoms with Crippen molar-refractivity contribution in [2.75, 3.05) is 6.54 Å². The van der Waals surface area contributed by atoms with Gasteiger partial charge in [-0.05, 0) is 55.3 Å². The van der Waals surface area contributed by atoms with Gasteiger partial charge in [-0.2, -0.15) is 0 Å². The first-order chi connectivity index (χ1) is 7.24. The zero-order chi connectivity index (χ0) is 10.8. The normalized spacial score (nSPS) is 17.2. The second kappa shape index (κ2) is 4.23. The van der Waals surface area contributed by atoms with Crippen LogP contribution in [0, 0.1) is 0 Å². The first-order valence-corrected chi connectivity index (χ1v) is 5.77. The molecule has 0 aliphatic heterocycles. The fraction of sp³-hybridized carbons (Fsp3) is 0.538. The highest BCUT2D eigenvalue weighted by Crippen LogP contribution is 2.34. The fourth-order valence-corrected chi connectivity index (χ4v) is 2.51. The Morgan fingerprint density at radius 3 is 2.80 bits per heavy atom. The van der Waals surface area contributed by atoms with Crippen LogP contribution in [0.1, 0.15) is 42.4 Å². The Bertz CT molecular complexity index is 360. The van der Waals surface area contributed by atoms with Crippen molar-refractivity contribution in [3.8, 4) is 5.75 Å². The Morgan fingerprint density at radius 1 is 1.33 bits per heavy atom. The van der Waals surface area contributed by atoms with E-state index in [1.807, 2.05) is 6.07 Å². The van der Waals surface area contributed by atoms with E-state index in [9.17, 15) is 5.11 Å². The molecule has 2 heteroatoms. The van der Waals surface area contributed by atoms with Crippen molar-refractivity contribution in [2.45, 2.75) is 38.5 Å². The molecular formula is C13H19NO. The number of rotatable bonds is 2. The summed E-state index contributed by atoms with van der Waals surface area (Å²) < 4.78 is 0. The van der Waals surface area contributed by atoms with Crippen LogP contribution < -0.4 is 5.73 Å². The highest BCUT2D eigenvalue weighted by molar-refractivity contribution is 5.47. The van der Waals surface area contributed by atoms with Gasteiger partial charge in [0.2, 0.25) is 0 Å². The molecule has 1 unspecified atom stereocenters. The molecule has 0 radical (unpaired) electrons. The van der Waals surface area contributed by atoms with Gasteiger partial charge in [-0.15, -0.1) is 0 Å². The third-order valence-electron chi connectivity index (χ3n) is 3.40. The van der Waals surface area contributed by atoms with Gasteiger partial charge >= 0.3 is 0 Å². The number of hydrogen-bond donors (Lipinski definition) is 2. The summed E-state index contributed by atoms with van der Waals surface area (Å²) in [6.07, 6.45) is 4.76. The number of aromatic hydroxyl groups is 1. The van der Waals surface area contributed by atoms with Gasteiger partial charge in [0.25, 0.3) is 0 Å². The minimum absolute atomic E-state index is 0.262. The summed E-state index contributed by atoms with van der Waals surface area (Å²) in [4.78, 5) is 0. The summed E-state index contributed by atoms with van der Waals surface area (Å²) in [6.45, 7) is 2.69. The van der Waals surface area contributed by atoms with Crippen molar-refractivity contribution in [1.82, 2.24) is 0 Å². The van der Waals surface area contributed by atoms with Crippen LogP contribution in [0.15, 0.2) is 12.1 Å². The SMILES string of the molecule is CC(CN)c1c(O)ccc2c1CCCC2. The van der Waals surface area contributed by atoms with Crippen LogP contribution in [0.5, 0.6) is 5.75 Å². The van der Waals surface area contributed by atoms with Gasteiger partial charge in [0, 0.05) is 5.56 Å². The van der Waals surface area contributed by atoms with Gasteiger partial charge in [-0.3, -0.25) is 0 Å². The lowest BCUT2D eigenvalue weighted by molar-refractivity contribution is 0.460. The lowest BCUT2D eigenvalue weighted by Gasteiger charge is -2.23. The van der Waals surface area contributed by atoms with Crippen LogP contribution in [0.3, 0.4) is 0 Å². The van der Waals surface area contributed by atoms with E-state index in [-0.39, 0.29) is 5.92 Å². The first kappa shape index (κ1) is 10.5. The van der Waals surface area contributed by atoms with E-state index in [0.717, 1.165) is 18.4 Å². The minimum atomic E-state index is 0.262. The molecule has 1 aromatic rings. The maximum Gasteiger partial charge on any atom is 0.119 e. The summed E-state index contributed by atoms with van der Waals surface area (Å²) in [5, 5.41) is 9.91. The van der Waals surface area contributed by atoms with Crippen molar-refractivity contribution in [3.05, 3.63) is 28.8 Å². The van der Waals surface area contributed by atoms with Crippen LogP contribution in [0.25, 0.3) is 0 Å². The maximum atomic E-state index is 9.91. The van der Waals surface area contributed by atoms with Crippen LogP contribution in [0.2, 0.25) is 0 Å². The van der Waals surface area contributed by atoms with E-state index in [1.54, 1.807) is 0 Å². The van der Waals surface area contributed by atoms with E-state index in [1.165, 1.54) is 24.0 Å². The molecule has 1 aromatic carbocycles. The molecule has 1 aliphatic carbocycles. The van der Waals surface area contributed by atoms with Crippen molar-refractivity contribution >= 4 is 0 Å². The summed E-state index contributed by atoms with van der Waals surface area (Å²) >= 11 is 0. The molecule has 0 amide bonds. The molecule has 0 spiro atoms. The molecule has 1 atom stereocenters. The Kier molecular flexibility index (Phi) is 2.96. The summed E-state index contributed by atoms with van der Waals surface area (Å²) in [5.41, 5.74) is 9.56. The largest absolute Gasteiger partial charge is 0.508 e. The molecule has 0 saturated carbocycles. The van der Waals surface area contributed by atoms with Gasteiger partial charge in [0.1, 0.15) is 5.75 Å². The van der Waals surface area contributed by atoms with Crippen LogP contribution >= 0.6 is 0 Å². The van der Waals surface area contributed by atoms with E-state index in [0.29, 0.717) is 12.3 Å². The first-order valence-electron chi connectivity index (χ1n) is 5.77. The molecule has 1 aliphatic rings. The van der Waals surface area contributed by atoms with E-state index >= 15 is 0 Å². The molecule has 0 bridgehead atoms. The molecular weight excluding hydrogens is 186 g/mol. The fourth-order valence-electron chi connectivity index (χ4n) is 2.51. The quantitative estimate of drug-likeness (QED) is 0.778. The summed E-state index contributed by atoms with van der Waals surface area (Å²) in [5.74, 6) is 0.687. The predicted molar refractivity (Wildman–Crippen MR) is 62.2 cm³/mol. The third-order valence-corrected chi connectivity index (χ3v) is 3.40. The zero-order valence-electron chi connectivity index (χ0n) is 9.29. The number of hydrogen-bond acceptors (Lipinski definition) is 2. The highest BCUT2D eigenvalue weighted by atomic mass is 16.3. The zero-order valence-corrected chi connectivity index (χ0v) is 9.29. The second-order valence-electron chi connectivity index (χ2n) is 4.48. The highest BCUT2D eigenvalue weighted by Gasteiger charge is 2.19. The van der Waals surface area contributed by atoms with Crippen molar-refractivity contribution in [2.24, 2.45) is 5.73 Å². The number of phenols is 1. The smallest absolute Gasteiger partial charge is 0.119 e. The number of phenolic OH excluding ortho intramolecular Hbond substituents is 1. The third kappa shape index (κ3) is 1.86. The minimum Gasteiger partial charge on any atom is -0.508 e. The van der Waals surface area contributed by atoms with Crippen molar-refractivity contribution in [3.63, 3.8) is 0 Å². The van der Waals surface area contributed by atoms with Crippen molar-refractivity contribution in [1.29, 1.82) is 0 Å². The molecule has 2 nitrogen and oxygen atoms in total. The summed E-state index contributed by atoms with van der Waals surface area (Å²) in [7, 11) is 0. The monoisotopic (exact) mass is 205 g/mol. The van der Waals surface area contributed by atoms with Crippen molar-refractivity contribution < 1.29 is 5.11 Å². The van der Waals surface area contributed by atoms with E-state index < -0.39 is 0 Å².